The highest BCUT2D eigenvalue weighted by atomic mass is 32.2. The lowest BCUT2D eigenvalue weighted by atomic mass is 10.2. The summed E-state index contributed by atoms with van der Waals surface area (Å²) < 4.78 is 41.7. The third-order valence-corrected chi connectivity index (χ3v) is 4.59. The van der Waals surface area contributed by atoms with Gasteiger partial charge >= 0.3 is 18.1 Å². The first-order chi connectivity index (χ1) is 12.3. The summed E-state index contributed by atoms with van der Waals surface area (Å²) in [5, 5.41) is 2.18. The number of hydrogen-bond donors (Lipinski definition) is 2. The maximum absolute atomic E-state index is 12.5. The van der Waals surface area contributed by atoms with Crippen LogP contribution in [0.25, 0.3) is 0 Å². The Morgan fingerprint density at radius 2 is 1.62 bits per heavy atom. The number of benzene rings is 1. The molecule has 1 aromatic carbocycles. The van der Waals surface area contributed by atoms with Crippen molar-refractivity contribution in [2.45, 2.75) is 11.8 Å². The van der Waals surface area contributed by atoms with Gasteiger partial charge in [-0.15, -0.1) is 4.98 Å². The lowest BCUT2D eigenvalue weighted by Crippen LogP contribution is -2.35. The molecule has 0 fully saturated rings. The molecule has 0 aliphatic carbocycles. The number of methoxy groups -OCH3 is 3. The van der Waals surface area contributed by atoms with Crippen LogP contribution in [-0.4, -0.2) is 50.7 Å². The Hall–Kier alpha value is -3.15. The zero-order valence-electron chi connectivity index (χ0n) is 14.4. The minimum atomic E-state index is -4.21. The fourth-order valence-corrected chi connectivity index (χ4v) is 3.31. The number of rotatable bonds is 6. The molecule has 0 bridgehead atoms. The molecule has 0 unspecified atom stereocenters. The van der Waals surface area contributed by atoms with E-state index in [0.717, 1.165) is 0 Å². The second-order valence-corrected chi connectivity index (χ2v) is 6.42. The van der Waals surface area contributed by atoms with E-state index in [1.165, 1.54) is 27.4 Å². The third kappa shape index (κ3) is 4.27. The van der Waals surface area contributed by atoms with Crippen LogP contribution < -0.4 is 24.2 Å². The van der Waals surface area contributed by atoms with E-state index in [4.69, 9.17) is 14.2 Å². The first kappa shape index (κ1) is 19.2. The molecule has 12 heteroatoms. The van der Waals surface area contributed by atoms with Crippen molar-refractivity contribution < 1.29 is 27.4 Å². The van der Waals surface area contributed by atoms with Crippen LogP contribution in [0.1, 0.15) is 5.56 Å². The summed E-state index contributed by atoms with van der Waals surface area (Å²) in [7, 11) is -0.248. The summed E-state index contributed by atoms with van der Waals surface area (Å²) in [5.41, 5.74) is 0.410. The number of ether oxygens (including phenoxy) is 3. The van der Waals surface area contributed by atoms with E-state index in [2.05, 4.69) is 20.3 Å². The molecule has 0 saturated heterocycles. The number of nitrogens with one attached hydrogen (secondary N) is 2. The van der Waals surface area contributed by atoms with Crippen LogP contribution >= 0.6 is 0 Å². The molecule has 1 aromatic heterocycles. The fraction of sp³-hybridized carbons (Fsp3) is 0.286. The minimum Gasteiger partial charge on any atom is -0.495 e. The Balaban J connectivity index is 2.25. The van der Waals surface area contributed by atoms with Gasteiger partial charge in [0.2, 0.25) is 5.95 Å². The third-order valence-electron chi connectivity index (χ3n) is 3.08. The number of anilines is 1. The highest BCUT2D eigenvalue weighted by Gasteiger charge is 2.24. The van der Waals surface area contributed by atoms with Gasteiger partial charge in [-0.05, 0) is 18.6 Å². The van der Waals surface area contributed by atoms with E-state index in [9.17, 15) is 13.2 Å². The smallest absolute Gasteiger partial charge is 0.335 e. The predicted octanol–water partition coefficient (Wildman–Crippen LogP) is 0.716. The Labute approximate surface area is 149 Å². The number of carbonyl (C=O) groups is 1. The topological polar surface area (TPSA) is 142 Å². The Kier molecular flexibility index (Phi) is 5.77. The highest BCUT2D eigenvalue weighted by Crippen LogP contribution is 2.26. The van der Waals surface area contributed by atoms with Crippen LogP contribution in [0.2, 0.25) is 0 Å². The SMILES string of the molecule is COc1nc(NC(=O)NS(=O)(=O)c2c(C)cccc2OC)nc(OC)n1. The summed E-state index contributed by atoms with van der Waals surface area (Å²) in [6, 6.07) is 3.38. The van der Waals surface area contributed by atoms with Gasteiger partial charge in [0, 0.05) is 0 Å². The highest BCUT2D eigenvalue weighted by molar-refractivity contribution is 7.90. The van der Waals surface area contributed by atoms with Gasteiger partial charge in [-0.25, -0.2) is 17.9 Å². The number of nitrogens with zero attached hydrogens (tertiary/aromatic N) is 3. The number of aryl methyl sites for hydroxylation is 1. The molecule has 0 radical (unpaired) electrons. The Morgan fingerprint density at radius 3 is 2.15 bits per heavy atom. The first-order valence-corrected chi connectivity index (χ1v) is 8.60. The number of carbonyl (C=O) groups excluding carboxylic acids is 1. The van der Waals surface area contributed by atoms with Crippen molar-refractivity contribution in [3.05, 3.63) is 23.8 Å². The number of amides is 2. The van der Waals surface area contributed by atoms with Gasteiger partial charge in [-0.2, -0.15) is 9.97 Å². The minimum absolute atomic E-state index is 0.105. The summed E-state index contributed by atoms with van der Waals surface area (Å²) in [5.74, 6) is -0.146. The molecule has 11 nitrogen and oxygen atoms in total. The predicted molar refractivity (Wildman–Crippen MR) is 90.0 cm³/mol. The number of sulfonamides is 1. The molecule has 0 spiro atoms. The standard InChI is InChI=1S/C14H17N5O6S/c1-8-6-5-7-9(23-2)10(8)26(21,22)19-12(20)15-11-16-13(24-3)18-14(17-11)25-4/h5-7H,1-4H3,(H2,15,16,17,18,19,20). The van der Waals surface area contributed by atoms with Crippen LogP contribution in [-0.2, 0) is 10.0 Å². The van der Waals surface area contributed by atoms with Gasteiger partial charge in [-0.1, -0.05) is 12.1 Å². The summed E-state index contributed by atoms with van der Waals surface area (Å²) in [4.78, 5) is 23.3. The molecule has 0 atom stereocenters. The van der Waals surface area contributed by atoms with Crippen molar-refractivity contribution in [2.24, 2.45) is 0 Å². The van der Waals surface area contributed by atoms with Crippen molar-refractivity contribution >= 4 is 22.0 Å². The lowest BCUT2D eigenvalue weighted by molar-refractivity contribution is 0.256. The molecule has 140 valence electrons. The zero-order valence-corrected chi connectivity index (χ0v) is 15.2. The average molecular weight is 383 g/mol. The van der Waals surface area contributed by atoms with Crippen LogP contribution in [0.15, 0.2) is 23.1 Å². The van der Waals surface area contributed by atoms with Gasteiger partial charge < -0.3 is 14.2 Å². The van der Waals surface area contributed by atoms with Crippen molar-refractivity contribution in [3.63, 3.8) is 0 Å². The first-order valence-electron chi connectivity index (χ1n) is 7.12. The van der Waals surface area contributed by atoms with Crippen molar-refractivity contribution in [1.29, 1.82) is 0 Å². The summed E-state index contributed by atoms with van der Waals surface area (Å²) in [6.45, 7) is 1.58. The number of aromatic nitrogens is 3. The Bertz CT molecular complexity index is 896. The lowest BCUT2D eigenvalue weighted by Gasteiger charge is -2.13. The Morgan fingerprint density at radius 1 is 1.00 bits per heavy atom. The van der Waals surface area contributed by atoms with E-state index < -0.39 is 16.1 Å². The van der Waals surface area contributed by atoms with E-state index >= 15 is 0 Å². The van der Waals surface area contributed by atoms with Gasteiger partial charge in [0.25, 0.3) is 10.0 Å². The molecule has 0 saturated carbocycles. The molecule has 2 rings (SSSR count). The number of urea groups is 1. The molecule has 2 aromatic rings. The van der Waals surface area contributed by atoms with E-state index in [1.54, 1.807) is 19.1 Å². The summed E-state index contributed by atoms with van der Waals surface area (Å²) in [6.07, 6.45) is 0. The molecule has 2 amide bonds. The second-order valence-electron chi connectivity index (χ2n) is 4.80. The molecule has 0 aliphatic heterocycles. The fourth-order valence-electron chi connectivity index (χ4n) is 2.01. The maximum atomic E-state index is 12.5. The van der Waals surface area contributed by atoms with Crippen molar-refractivity contribution in [3.8, 4) is 17.8 Å². The van der Waals surface area contributed by atoms with Gasteiger partial charge in [0.15, 0.2) is 0 Å². The average Bonchev–Trinajstić information content (AvgIpc) is 2.59. The van der Waals surface area contributed by atoms with Gasteiger partial charge in [0.1, 0.15) is 10.6 Å². The monoisotopic (exact) mass is 383 g/mol. The maximum Gasteiger partial charge on any atom is 0.335 e. The molecular weight excluding hydrogens is 366 g/mol. The van der Waals surface area contributed by atoms with Crippen LogP contribution in [0, 0.1) is 6.92 Å². The zero-order chi connectivity index (χ0) is 19.3. The van der Waals surface area contributed by atoms with E-state index in [0.29, 0.717) is 5.56 Å². The normalized spacial score (nSPS) is 10.8. The molecule has 2 N–H and O–H groups in total. The van der Waals surface area contributed by atoms with Gasteiger partial charge in [0.05, 0.1) is 21.3 Å². The number of hydrogen-bond acceptors (Lipinski definition) is 9. The van der Waals surface area contributed by atoms with E-state index in [-0.39, 0.29) is 28.6 Å². The van der Waals surface area contributed by atoms with Crippen molar-refractivity contribution in [1.82, 2.24) is 19.7 Å². The van der Waals surface area contributed by atoms with Gasteiger partial charge in [-0.3, -0.25) is 5.32 Å². The molecular formula is C14H17N5O6S. The molecule has 26 heavy (non-hydrogen) atoms. The van der Waals surface area contributed by atoms with Crippen LogP contribution in [0.3, 0.4) is 0 Å². The second kappa shape index (κ2) is 7.82. The van der Waals surface area contributed by atoms with Crippen LogP contribution in [0.5, 0.6) is 17.8 Å². The molecule has 1 heterocycles. The van der Waals surface area contributed by atoms with Crippen LogP contribution in [0.4, 0.5) is 10.7 Å². The van der Waals surface area contributed by atoms with E-state index in [1.807, 2.05) is 4.72 Å². The van der Waals surface area contributed by atoms with Crippen molar-refractivity contribution in [2.75, 3.05) is 26.6 Å². The quantitative estimate of drug-likeness (QED) is 0.737. The molecule has 0 aliphatic rings. The largest absolute Gasteiger partial charge is 0.495 e. The summed E-state index contributed by atoms with van der Waals surface area (Å²) >= 11 is 0.